The maximum atomic E-state index is 13.4. The first kappa shape index (κ1) is 24.3. The van der Waals surface area contributed by atoms with Crippen molar-refractivity contribution in [3.63, 3.8) is 0 Å². The van der Waals surface area contributed by atoms with Crippen molar-refractivity contribution >= 4 is 21.6 Å². The number of anilines is 1. The molecule has 0 aromatic heterocycles. The van der Waals surface area contributed by atoms with Gasteiger partial charge in [0.2, 0.25) is 0 Å². The van der Waals surface area contributed by atoms with Gasteiger partial charge in [-0.1, -0.05) is 56.7 Å². The number of ether oxygens (including phenoxy) is 2. The van der Waals surface area contributed by atoms with Crippen LogP contribution in [-0.2, 0) is 20.2 Å². The minimum absolute atomic E-state index is 0.0138. The summed E-state index contributed by atoms with van der Waals surface area (Å²) in [6.07, 6.45) is 0. The van der Waals surface area contributed by atoms with Crippen molar-refractivity contribution in [3.05, 3.63) is 83.9 Å². The van der Waals surface area contributed by atoms with Crippen molar-refractivity contribution in [2.45, 2.75) is 38.0 Å². The fraction of sp³-hybridized carbons (Fsp3) is 0.269. The predicted molar refractivity (Wildman–Crippen MR) is 129 cm³/mol. The fourth-order valence-electron chi connectivity index (χ4n) is 3.39. The summed E-state index contributed by atoms with van der Waals surface area (Å²) in [5, 5.41) is 0. The molecule has 0 bridgehead atoms. The number of benzene rings is 3. The van der Waals surface area contributed by atoms with Crippen molar-refractivity contribution < 1.29 is 22.7 Å². The Labute approximate surface area is 195 Å². The summed E-state index contributed by atoms with van der Waals surface area (Å²) in [5.74, 6) is 0.395. The van der Waals surface area contributed by atoms with E-state index < -0.39 is 22.5 Å². The van der Waals surface area contributed by atoms with Crippen LogP contribution in [0.1, 0.15) is 31.9 Å². The standard InChI is InChI=1S/C26H29NO5S/c1-19-11-16-24(23(17-19)26(2,3)4)32-18-25(28)27(20-12-14-21(31-5)15-13-20)33(29,30)22-9-7-6-8-10-22/h6-17H,18H2,1-5H3. The highest BCUT2D eigenvalue weighted by atomic mass is 32.2. The Morgan fingerprint density at radius 2 is 1.58 bits per heavy atom. The molecule has 3 aromatic rings. The lowest BCUT2D eigenvalue weighted by molar-refractivity contribution is -0.119. The second-order valence-electron chi connectivity index (χ2n) is 8.71. The molecule has 0 radical (unpaired) electrons. The van der Waals surface area contributed by atoms with Gasteiger partial charge < -0.3 is 9.47 Å². The normalized spacial score (nSPS) is 11.7. The van der Waals surface area contributed by atoms with Crippen LogP contribution in [-0.4, -0.2) is 28.0 Å². The maximum absolute atomic E-state index is 13.4. The molecular formula is C26H29NO5S. The number of carbonyl (C=O) groups excluding carboxylic acids is 1. The Kier molecular flexibility index (Phi) is 7.12. The van der Waals surface area contributed by atoms with Gasteiger partial charge in [-0.2, -0.15) is 4.31 Å². The fourth-order valence-corrected chi connectivity index (χ4v) is 4.82. The van der Waals surface area contributed by atoms with E-state index in [-0.39, 0.29) is 16.0 Å². The SMILES string of the molecule is COc1ccc(N(C(=O)COc2ccc(C)cc2C(C)(C)C)S(=O)(=O)c2ccccc2)cc1. The predicted octanol–water partition coefficient (Wildman–Crippen LogP) is 5.10. The van der Waals surface area contributed by atoms with Gasteiger partial charge in [0.25, 0.3) is 15.9 Å². The van der Waals surface area contributed by atoms with Gasteiger partial charge in [0, 0.05) is 0 Å². The Morgan fingerprint density at radius 3 is 2.15 bits per heavy atom. The largest absolute Gasteiger partial charge is 0.497 e. The molecule has 0 unspecified atom stereocenters. The average molecular weight is 468 g/mol. The zero-order valence-corrected chi connectivity index (χ0v) is 20.3. The third-order valence-corrected chi connectivity index (χ3v) is 6.87. The Hall–Kier alpha value is -3.32. The van der Waals surface area contributed by atoms with E-state index in [4.69, 9.17) is 9.47 Å². The third kappa shape index (κ3) is 5.54. The summed E-state index contributed by atoms with van der Waals surface area (Å²) in [6, 6.07) is 19.9. The van der Waals surface area contributed by atoms with Crippen LogP contribution in [0.2, 0.25) is 0 Å². The monoisotopic (exact) mass is 467 g/mol. The Balaban J connectivity index is 1.97. The first-order valence-electron chi connectivity index (χ1n) is 10.6. The quantitative estimate of drug-likeness (QED) is 0.483. The maximum Gasteiger partial charge on any atom is 0.278 e. The second kappa shape index (κ2) is 9.67. The van der Waals surface area contributed by atoms with Crippen LogP contribution in [0.15, 0.2) is 77.7 Å². The molecule has 3 rings (SSSR count). The van der Waals surface area contributed by atoms with E-state index in [0.717, 1.165) is 15.4 Å². The molecule has 0 fully saturated rings. The van der Waals surface area contributed by atoms with Gasteiger partial charge in [-0.05, 0) is 60.4 Å². The van der Waals surface area contributed by atoms with Crippen molar-refractivity contribution in [3.8, 4) is 11.5 Å². The first-order valence-corrected chi connectivity index (χ1v) is 12.0. The summed E-state index contributed by atoms with van der Waals surface area (Å²) < 4.78 is 38.7. The minimum Gasteiger partial charge on any atom is -0.497 e. The number of rotatable bonds is 7. The van der Waals surface area contributed by atoms with Crippen LogP contribution >= 0.6 is 0 Å². The van der Waals surface area contributed by atoms with Crippen LogP contribution in [0.3, 0.4) is 0 Å². The van der Waals surface area contributed by atoms with Crippen molar-refractivity contribution in [2.75, 3.05) is 18.0 Å². The van der Waals surface area contributed by atoms with Gasteiger partial charge in [0.05, 0.1) is 17.7 Å². The molecule has 0 saturated carbocycles. The van der Waals surface area contributed by atoms with Crippen molar-refractivity contribution in [2.24, 2.45) is 0 Å². The molecule has 0 atom stereocenters. The molecular weight excluding hydrogens is 438 g/mol. The third-order valence-electron chi connectivity index (χ3n) is 5.11. The molecule has 6 nitrogen and oxygen atoms in total. The molecule has 0 aliphatic heterocycles. The molecule has 174 valence electrons. The Bertz CT molecular complexity index is 1210. The zero-order chi connectivity index (χ0) is 24.2. The number of amides is 1. The number of methoxy groups -OCH3 is 1. The summed E-state index contributed by atoms with van der Waals surface area (Å²) in [5.41, 5.74) is 2.01. The molecule has 33 heavy (non-hydrogen) atoms. The summed E-state index contributed by atoms with van der Waals surface area (Å²) in [4.78, 5) is 13.3. The van der Waals surface area contributed by atoms with Gasteiger partial charge in [-0.15, -0.1) is 0 Å². The minimum atomic E-state index is -4.16. The zero-order valence-electron chi connectivity index (χ0n) is 19.5. The van der Waals surface area contributed by atoms with E-state index in [0.29, 0.717) is 11.5 Å². The molecule has 0 spiro atoms. The highest BCUT2D eigenvalue weighted by Gasteiger charge is 2.31. The van der Waals surface area contributed by atoms with Gasteiger partial charge in [0.15, 0.2) is 6.61 Å². The van der Waals surface area contributed by atoms with E-state index in [1.807, 2.05) is 25.1 Å². The number of nitrogens with zero attached hydrogens (tertiary/aromatic N) is 1. The molecule has 7 heteroatoms. The number of sulfonamides is 1. The summed E-state index contributed by atoms with van der Waals surface area (Å²) in [7, 11) is -2.64. The lowest BCUT2D eigenvalue weighted by Crippen LogP contribution is -2.40. The van der Waals surface area contributed by atoms with E-state index in [2.05, 4.69) is 20.8 Å². The topological polar surface area (TPSA) is 72.9 Å². The van der Waals surface area contributed by atoms with Crippen LogP contribution in [0.4, 0.5) is 5.69 Å². The van der Waals surface area contributed by atoms with E-state index in [1.165, 1.54) is 31.4 Å². The van der Waals surface area contributed by atoms with Crippen LogP contribution in [0, 0.1) is 6.92 Å². The number of carbonyl (C=O) groups is 1. The molecule has 0 aliphatic carbocycles. The first-order chi connectivity index (χ1) is 15.5. The van der Waals surface area contributed by atoms with Crippen LogP contribution in [0.25, 0.3) is 0 Å². The van der Waals surface area contributed by atoms with Gasteiger partial charge in [-0.25, -0.2) is 8.42 Å². The number of hydrogen-bond acceptors (Lipinski definition) is 5. The molecule has 0 saturated heterocycles. The van der Waals surface area contributed by atoms with Crippen molar-refractivity contribution in [1.82, 2.24) is 0 Å². The molecule has 1 amide bonds. The van der Waals surface area contributed by atoms with Gasteiger partial charge in [0.1, 0.15) is 11.5 Å². The molecule has 0 aliphatic rings. The molecule has 0 N–H and O–H groups in total. The smallest absolute Gasteiger partial charge is 0.278 e. The van der Waals surface area contributed by atoms with Crippen LogP contribution in [0.5, 0.6) is 11.5 Å². The highest BCUT2D eigenvalue weighted by molar-refractivity contribution is 7.93. The molecule has 0 heterocycles. The summed E-state index contributed by atoms with van der Waals surface area (Å²) >= 11 is 0. The van der Waals surface area contributed by atoms with Crippen LogP contribution < -0.4 is 13.8 Å². The second-order valence-corrected chi connectivity index (χ2v) is 10.5. The average Bonchev–Trinajstić information content (AvgIpc) is 2.78. The molecule has 3 aromatic carbocycles. The number of aryl methyl sites for hydroxylation is 1. The van der Waals surface area contributed by atoms with E-state index >= 15 is 0 Å². The van der Waals surface area contributed by atoms with Gasteiger partial charge >= 0.3 is 0 Å². The highest BCUT2D eigenvalue weighted by Crippen LogP contribution is 2.32. The van der Waals surface area contributed by atoms with Gasteiger partial charge in [-0.3, -0.25) is 4.79 Å². The van der Waals surface area contributed by atoms with E-state index in [9.17, 15) is 13.2 Å². The van der Waals surface area contributed by atoms with E-state index in [1.54, 1.807) is 30.3 Å². The Morgan fingerprint density at radius 1 is 0.939 bits per heavy atom. The summed E-state index contributed by atoms with van der Waals surface area (Å²) in [6.45, 7) is 7.71. The lowest BCUT2D eigenvalue weighted by atomic mass is 9.85. The lowest BCUT2D eigenvalue weighted by Gasteiger charge is -2.25. The number of hydrogen-bond donors (Lipinski definition) is 0. The van der Waals surface area contributed by atoms with Crippen molar-refractivity contribution in [1.29, 1.82) is 0 Å².